The van der Waals surface area contributed by atoms with Crippen molar-refractivity contribution in [1.29, 1.82) is 0 Å². The highest BCUT2D eigenvalue weighted by Gasteiger charge is 2.13. The summed E-state index contributed by atoms with van der Waals surface area (Å²) in [7, 11) is 1.63. The molecule has 0 radical (unpaired) electrons. The summed E-state index contributed by atoms with van der Waals surface area (Å²) in [6.45, 7) is 0. The quantitative estimate of drug-likeness (QED) is 0.758. The Labute approximate surface area is 129 Å². The normalized spacial score (nSPS) is 10.9. The van der Waals surface area contributed by atoms with Crippen molar-refractivity contribution in [3.05, 3.63) is 46.0 Å². The maximum atomic E-state index is 6.16. The van der Waals surface area contributed by atoms with Crippen molar-refractivity contribution >= 4 is 39.0 Å². The van der Waals surface area contributed by atoms with Crippen LogP contribution in [0.5, 0.6) is 5.75 Å². The number of nitrogen functional groups attached to an aromatic ring is 1. The van der Waals surface area contributed by atoms with Crippen LogP contribution in [0, 0.1) is 0 Å². The lowest BCUT2D eigenvalue weighted by Gasteiger charge is -2.05. The number of nitrogens with zero attached hydrogens (tertiary/aromatic N) is 2. The Balaban J connectivity index is 2.19. The SMILES string of the molecule is COc1ccc(-c2nc3ccc(Cl)cn3c2N)cc1Br. The summed E-state index contributed by atoms with van der Waals surface area (Å²) in [6, 6.07) is 9.34. The number of halogens is 2. The molecule has 0 bridgehead atoms. The number of imidazole rings is 1. The highest BCUT2D eigenvalue weighted by atomic mass is 79.9. The predicted molar refractivity (Wildman–Crippen MR) is 84.3 cm³/mol. The first-order valence-corrected chi connectivity index (χ1v) is 7.04. The molecule has 0 aliphatic carbocycles. The Morgan fingerprint density at radius 2 is 2.10 bits per heavy atom. The van der Waals surface area contributed by atoms with Gasteiger partial charge in [0.25, 0.3) is 0 Å². The summed E-state index contributed by atoms with van der Waals surface area (Å²) >= 11 is 9.45. The van der Waals surface area contributed by atoms with E-state index in [1.165, 1.54) is 0 Å². The first-order valence-electron chi connectivity index (χ1n) is 5.87. The Bertz CT molecular complexity index is 800. The van der Waals surface area contributed by atoms with Crippen LogP contribution in [0.25, 0.3) is 16.9 Å². The van der Waals surface area contributed by atoms with Crippen LogP contribution in [0.4, 0.5) is 5.82 Å². The van der Waals surface area contributed by atoms with E-state index in [0.717, 1.165) is 27.1 Å². The maximum Gasteiger partial charge on any atom is 0.139 e. The van der Waals surface area contributed by atoms with Crippen molar-refractivity contribution in [2.45, 2.75) is 0 Å². The van der Waals surface area contributed by atoms with E-state index in [0.29, 0.717) is 10.8 Å². The molecule has 0 aliphatic rings. The van der Waals surface area contributed by atoms with E-state index >= 15 is 0 Å². The number of rotatable bonds is 2. The average molecular weight is 353 g/mol. The van der Waals surface area contributed by atoms with Crippen molar-refractivity contribution in [3.8, 4) is 17.0 Å². The molecule has 0 amide bonds. The summed E-state index contributed by atoms with van der Waals surface area (Å²) in [5.74, 6) is 1.32. The summed E-state index contributed by atoms with van der Waals surface area (Å²) in [5.41, 5.74) is 8.54. The number of benzene rings is 1. The molecule has 6 heteroatoms. The fourth-order valence-electron chi connectivity index (χ4n) is 2.06. The van der Waals surface area contributed by atoms with E-state index in [4.69, 9.17) is 22.1 Å². The van der Waals surface area contributed by atoms with Gasteiger partial charge in [-0.25, -0.2) is 4.98 Å². The van der Waals surface area contributed by atoms with Crippen molar-refractivity contribution in [2.24, 2.45) is 0 Å². The van der Waals surface area contributed by atoms with E-state index < -0.39 is 0 Å². The Morgan fingerprint density at radius 3 is 2.80 bits per heavy atom. The molecule has 0 unspecified atom stereocenters. The molecular formula is C14H11BrClN3O. The molecule has 0 fully saturated rings. The van der Waals surface area contributed by atoms with E-state index in [9.17, 15) is 0 Å². The first kappa shape index (κ1) is 13.3. The summed E-state index contributed by atoms with van der Waals surface area (Å²) in [4.78, 5) is 4.54. The third kappa shape index (κ3) is 2.13. The van der Waals surface area contributed by atoms with Gasteiger partial charge in [-0.15, -0.1) is 0 Å². The molecule has 2 aromatic heterocycles. The van der Waals surface area contributed by atoms with Crippen molar-refractivity contribution in [3.63, 3.8) is 0 Å². The Kier molecular flexibility index (Phi) is 3.31. The lowest BCUT2D eigenvalue weighted by atomic mass is 10.1. The highest BCUT2D eigenvalue weighted by Crippen LogP contribution is 2.33. The molecule has 2 heterocycles. The molecule has 0 aliphatic heterocycles. The molecule has 1 aromatic carbocycles. The second-order valence-electron chi connectivity index (χ2n) is 4.27. The van der Waals surface area contributed by atoms with Crippen LogP contribution < -0.4 is 10.5 Å². The van der Waals surface area contributed by atoms with Crippen molar-refractivity contribution < 1.29 is 4.74 Å². The molecule has 0 saturated heterocycles. The van der Waals surface area contributed by atoms with Gasteiger partial charge < -0.3 is 10.5 Å². The zero-order chi connectivity index (χ0) is 14.3. The number of ether oxygens (including phenoxy) is 1. The molecule has 3 aromatic rings. The van der Waals surface area contributed by atoms with Gasteiger partial charge in [-0.2, -0.15) is 0 Å². The van der Waals surface area contributed by atoms with Gasteiger partial charge in [0, 0.05) is 11.8 Å². The highest BCUT2D eigenvalue weighted by molar-refractivity contribution is 9.10. The van der Waals surface area contributed by atoms with Crippen LogP contribution in [0.15, 0.2) is 41.0 Å². The van der Waals surface area contributed by atoms with Gasteiger partial charge in [-0.05, 0) is 46.3 Å². The number of hydrogen-bond acceptors (Lipinski definition) is 3. The molecule has 102 valence electrons. The van der Waals surface area contributed by atoms with Crippen LogP contribution in [0.1, 0.15) is 0 Å². The molecule has 0 spiro atoms. The topological polar surface area (TPSA) is 52.5 Å². The Hall–Kier alpha value is -1.72. The zero-order valence-electron chi connectivity index (χ0n) is 10.6. The second kappa shape index (κ2) is 5.00. The number of fused-ring (bicyclic) bond motifs is 1. The standard InChI is InChI=1S/C14H11BrClN3O/c1-20-11-4-2-8(6-10(11)15)13-14(17)19-7-9(16)3-5-12(19)18-13/h2-7H,17H2,1H3. The van der Waals surface area contributed by atoms with Crippen molar-refractivity contribution in [2.75, 3.05) is 12.8 Å². The minimum absolute atomic E-state index is 0.555. The van der Waals surface area contributed by atoms with Gasteiger partial charge >= 0.3 is 0 Å². The fraction of sp³-hybridized carbons (Fsp3) is 0.0714. The molecule has 2 N–H and O–H groups in total. The minimum atomic E-state index is 0.555. The molecular weight excluding hydrogens is 342 g/mol. The third-order valence-corrected chi connectivity index (χ3v) is 3.89. The average Bonchev–Trinajstić information content (AvgIpc) is 2.76. The van der Waals surface area contributed by atoms with E-state index in [1.54, 1.807) is 23.8 Å². The smallest absolute Gasteiger partial charge is 0.139 e. The summed E-state index contributed by atoms with van der Waals surface area (Å²) in [6.07, 6.45) is 1.75. The number of aromatic nitrogens is 2. The molecule has 0 saturated carbocycles. The second-order valence-corrected chi connectivity index (χ2v) is 5.56. The molecule has 20 heavy (non-hydrogen) atoms. The lowest BCUT2D eigenvalue weighted by Crippen LogP contribution is -1.94. The van der Waals surface area contributed by atoms with Gasteiger partial charge in [0.1, 0.15) is 22.9 Å². The first-order chi connectivity index (χ1) is 9.60. The summed E-state index contributed by atoms with van der Waals surface area (Å²) in [5, 5.41) is 0.615. The van der Waals surface area contributed by atoms with Gasteiger partial charge in [-0.1, -0.05) is 11.6 Å². The van der Waals surface area contributed by atoms with Crippen LogP contribution in [0.2, 0.25) is 5.02 Å². The largest absolute Gasteiger partial charge is 0.496 e. The number of nitrogens with two attached hydrogens (primary N) is 1. The van der Waals surface area contributed by atoms with Crippen LogP contribution in [0.3, 0.4) is 0 Å². The van der Waals surface area contributed by atoms with Gasteiger partial charge in [0.05, 0.1) is 16.6 Å². The number of anilines is 1. The van der Waals surface area contributed by atoms with Crippen LogP contribution >= 0.6 is 27.5 Å². The zero-order valence-corrected chi connectivity index (χ0v) is 12.9. The fourth-order valence-corrected chi connectivity index (χ4v) is 2.76. The monoisotopic (exact) mass is 351 g/mol. The van der Waals surface area contributed by atoms with Gasteiger partial charge in [0.2, 0.25) is 0 Å². The van der Waals surface area contributed by atoms with E-state index in [2.05, 4.69) is 20.9 Å². The summed E-state index contributed by atoms with van der Waals surface area (Å²) < 4.78 is 7.85. The van der Waals surface area contributed by atoms with Crippen LogP contribution in [-0.2, 0) is 0 Å². The number of hydrogen-bond donors (Lipinski definition) is 1. The van der Waals surface area contributed by atoms with E-state index in [1.807, 2.05) is 24.3 Å². The number of methoxy groups -OCH3 is 1. The molecule has 0 atom stereocenters. The predicted octanol–water partition coefficient (Wildman–Crippen LogP) is 4.01. The number of pyridine rings is 1. The minimum Gasteiger partial charge on any atom is -0.496 e. The lowest BCUT2D eigenvalue weighted by molar-refractivity contribution is 0.412. The van der Waals surface area contributed by atoms with Crippen LogP contribution in [-0.4, -0.2) is 16.5 Å². The van der Waals surface area contributed by atoms with Gasteiger partial charge in [-0.3, -0.25) is 4.40 Å². The molecule has 4 nitrogen and oxygen atoms in total. The molecule has 3 rings (SSSR count). The Morgan fingerprint density at radius 1 is 1.30 bits per heavy atom. The van der Waals surface area contributed by atoms with Crippen molar-refractivity contribution in [1.82, 2.24) is 9.38 Å². The third-order valence-electron chi connectivity index (χ3n) is 3.04. The van der Waals surface area contributed by atoms with E-state index in [-0.39, 0.29) is 0 Å². The maximum absolute atomic E-state index is 6.16. The van der Waals surface area contributed by atoms with Gasteiger partial charge in [0.15, 0.2) is 0 Å².